The van der Waals surface area contributed by atoms with Crippen LogP contribution in [0.5, 0.6) is 0 Å². The fraction of sp³-hybridized carbons (Fsp3) is 0.375. The minimum atomic E-state index is -1.01. The molecule has 0 aromatic heterocycles. The van der Waals surface area contributed by atoms with Gasteiger partial charge in [0.1, 0.15) is 12.6 Å². The third-order valence-corrected chi connectivity index (χ3v) is 2.99. The highest BCUT2D eigenvalue weighted by Crippen LogP contribution is 2.05. The lowest BCUT2D eigenvalue weighted by molar-refractivity contribution is -0.138. The maximum Gasteiger partial charge on any atom is 0.407 e. The Balaban J connectivity index is 2.16. The number of amides is 1. The largest absolute Gasteiger partial charge is 0.480 e. The van der Waals surface area contributed by atoms with Crippen molar-refractivity contribution in [3.8, 4) is 12.3 Å². The summed E-state index contributed by atoms with van der Waals surface area (Å²) >= 11 is 0. The van der Waals surface area contributed by atoms with Crippen LogP contribution >= 0.6 is 0 Å². The number of nitrogens with one attached hydrogen (secondary N) is 1. The molecule has 1 aromatic carbocycles. The number of benzene rings is 1. The molecule has 0 heterocycles. The van der Waals surface area contributed by atoms with Crippen LogP contribution in [-0.4, -0.2) is 29.8 Å². The van der Waals surface area contributed by atoms with E-state index in [1.165, 1.54) is 0 Å². The van der Waals surface area contributed by atoms with Crippen LogP contribution in [0.25, 0.3) is 0 Å². The van der Waals surface area contributed by atoms with E-state index < -0.39 is 18.1 Å². The lowest BCUT2D eigenvalue weighted by atomic mass is 10.1. The first-order valence-electron chi connectivity index (χ1n) is 6.97. The van der Waals surface area contributed by atoms with Crippen molar-refractivity contribution in [1.82, 2.24) is 5.32 Å². The molecule has 118 valence electrons. The van der Waals surface area contributed by atoms with Crippen molar-refractivity contribution >= 4 is 12.1 Å². The summed E-state index contributed by atoms with van der Waals surface area (Å²) in [4.78, 5) is 22.0. The van der Waals surface area contributed by atoms with Gasteiger partial charge in [-0.05, 0) is 37.0 Å². The summed E-state index contributed by atoms with van der Waals surface area (Å²) in [7, 11) is 0. The zero-order valence-electron chi connectivity index (χ0n) is 12.2. The average molecular weight is 304 g/mol. The number of terminal acetylenes is 1. The number of rotatable bonds is 8. The highest BCUT2D eigenvalue weighted by atomic mass is 16.5. The summed E-state index contributed by atoms with van der Waals surface area (Å²) in [5.41, 5.74) is 6.92. The van der Waals surface area contributed by atoms with Crippen molar-refractivity contribution in [3.05, 3.63) is 35.4 Å². The number of carboxylic acids is 1. The quantitative estimate of drug-likeness (QED) is 0.499. The zero-order valence-corrected chi connectivity index (χ0v) is 12.2. The summed E-state index contributed by atoms with van der Waals surface area (Å²) in [5, 5.41) is 11.2. The molecule has 1 aromatic rings. The van der Waals surface area contributed by atoms with Gasteiger partial charge in [-0.25, -0.2) is 4.79 Å². The van der Waals surface area contributed by atoms with Gasteiger partial charge in [0.2, 0.25) is 0 Å². The molecule has 6 heteroatoms. The van der Waals surface area contributed by atoms with Crippen LogP contribution in [0.4, 0.5) is 4.79 Å². The van der Waals surface area contributed by atoms with Crippen molar-refractivity contribution in [2.24, 2.45) is 5.73 Å². The Labute approximate surface area is 129 Å². The van der Waals surface area contributed by atoms with Gasteiger partial charge in [-0.15, -0.1) is 6.42 Å². The molecule has 1 atom stereocenters. The number of ether oxygens (including phenoxy) is 1. The first-order chi connectivity index (χ1) is 10.5. The van der Waals surface area contributed by atoms with E-state index in [4.69, 9.17) is 22.0 Å². The highest BCUT2D eigenvalue weighted by molar-refractivity contribution is 5.72. The molecule has 1 rings (SSSR count). The molecule has 0 aliphatic heterocycles. The van der Waals surface area contributed by atoms with Gasteiger partial charge < -0.3 is 20.9 Å². The molecule has 0 bridgehead atoms. The van der Waals surface area contributed by atoms with Gasteiger partial charge in [-0.2, -0.15) is 0 Å². The maximum atomic E-state index is 11.5. The van der Waals surface area contributed by atoms with Crippen molar-refractivity contribution in [1.29, 1.82) is 0 Å². The molecule has 4 N–H and O–H groups in total. The molecule has 1 amide bonds. The minimum absolute atomic E-state index is 0.144. The van der Waals surface area contributed by atoms with E-state index in [1.54, 1.807) is 18.2 Å². The molecule has 0 spiro atoms. The number of hydrogen-bond donors (Lipinski definition) is 3. The van der Waals surface area contributed by atoms with Crippen molar-refractivity contribution in [2.75, 3.05) is 6.54 Å². The summed E-state index contributed by atoms with van der Waals surface area (Å²) < 4.78 is 5.06. The SMILES string of the molecule is C#Cc1cccc(COC(=O)NCCCC[C@H](N)C(=O)O)c1. The van der Waals surface area contributed by atoms with Crippen LogP contribution < -0.4 is 11.1 Å². The molecule has 0 aliphatic rings. The third kappa shape index (κ3) is 6.77. The minimum Gasteiger partial charge on any atom is -0.480 e. The zero-order chi connectivity index (χ0) is 16.4. The second-order valence-electron chi connectivity index (χ2n) is 4.79. The van der Waals surface area contributed by atoms with Gasteiger partial charge in [0.25, 0.3) is 0 Å². The van der Waals surface area contributed by atoms with Crippen LogP contribution in [0.1, 0.15) is 30.4 Å². The number of carboxylic acid groups (broad SMARTS) is 1. The lowest BCUT2D eigenvalue weighted by Gasteiger charge is -2.08. The molecule has 0 radical (unpaired) electrons. The number of nitrogens with two attached hydrogens (primary N) is 1. The smallest absolute Gasteiger partial charge is 0.407 e. The fourth-order valence-electron chi connectivity index (χ4n) is 1.75. The van der Waals surface area contributed by atoms with E-state index >= 15 is 0 Å². The van der Waals surface area contributed by atoms with Gasteiger partial charge in [-0.3, -0.25) is 4.79 Å². The monoisotopic (exact) mass is 304 g/mol. The Morgan fingerprint density at radius 1 is 1.41 bits per heavy atom. The summed E-state index contributed by atoms with van der Waals surface area (Å²) in [6.45, 7) is 0.556. The van der Waals surface area contributed by atoms with Crippen LogP contribution in [-0.2, 0) is 16.1 Å². The molecular formula is C16H20N2O4. The fourth-order valence-corrected chi connectivity index (χ4v) is 1.75. The van der Waals surface area contributed by atoms with Gasteiger partial charge in [-0.1, -0.05) is 18.1 Å². The van der Waals surface area contributed by atoms with E-state index in [9.17, 15) is 9.59 Å². The van der Waals surface area contributed by atoms with Crippen molar-refractivity contribution in [2.45, 2.75) is 31.9 Å². The number of carbonyl (C=O) groups is 2. The molecule has 6 nitrogen and oxygen atoms in total. The number of alkyl carbamates (subject to hydrolysis) is 1. The first kappa shape index (κ1) is 17.5. The Morgan fingerprint density at radius 3 is 2.86 bits per heavy atom. The van der Waals surface area contributed by atoms with Gasteiger partial charge in [0.15, 0.2) is 0 Å². The molecule has 0 fully saturated rings. The second kappa shape index (κ2) is 9.42. The van der Waals surface area contributed by atoms with E-state index in [0.29, 0.717) is 25.8 Å². The van der Waals surface area contributed by atoms with Crippen LogP contribution in [0.3, 0.4) is 0 Å². The second-order valence-corrected chi connectivity index (χ2v) is 4.79. The first-order valence-corrected chi connectivity index (χ1v) is 6.97. The Kier molecular flexibility index (Phi) is 7.51. The molecule has 0 saturated carbocycles. The molecule has 22 heavy (non-hydrogen) atoms. The van der Waals surface area contributed by atoms with Gasteiger partial charge in [0, 0.05) is 12.1 Å². The molecule has 0 saturated heterocycles. The maximum absolute atomic E-state index is 11.5. The van der Waals surface area contributed by atoms with Crippen molar-refractivity contribution < 1.29 is 19.4 Å². The molecular weight excluding hydrogens is 284 g/mol. The standard InChI is InChI=1S/C16H20N2O4/c1-2-12-6-5-7-13(10-12)11-22-16(21)18-9-4-3-8-14(17)15(19)20/h1,5-7,10,14H,3-4,8-9,11,17H2,(H,18,21)(H,19,20)/t14-/m0/s1. The van der Waals surface area contributed by atoms with Crippen LogP contribution in [0.15, 0.2) is 24.3 Å². The Hall–Kier alpha value is -2.52. The number of unbranched alkanes of at least 4 members (excludes halogenated alkanes) is 1. The predicted octanol–water partition coefficient (Wildman–Crippen LogP) is 1.48. The molecule has 0 unspecified atom stereocenters. The average Bonchev–Trinajstić information content (AvgIpc) is 2.52. The van der Waals surface area contributed by atoms with Gasteiger partial charge >= 0.3 is 12.1 Å². The number of carbonyl (C=O) groups excluding carboxylic acids is 1. The van der Waals surface area contributed by atoms with E-state index in [-0.39, 0.29) is 6.61 Å². The number of hydrogen-bond acceptors (Lipinski definition) is 4. The van der Waals surface area contributed by atoms with Crippen LogP contribution in [0.2, 0.25) is 0 Å². The van der Waals surface area contributed by atoms with Crippen LogP contribution in [0, 0.1) is 12.3 Å². The van der Waals surface area contributed by atoms with E-state index in [0.717, 1.165) is 11.1 Å². The predicted molar refractivity (Wildman–Crippen MR) is 82.0 cm³/mol. The normalized spacial score (nSPS) is 11.3. The Bertz CT molecular complexity index is 551. The number of aliphatic carboxylic acids is 1. The van der Waals surface area contributed by atoms with Crippen molar-refractivity contribution in [3.63, 3.8) is 0 Å². The van der Waals surface area contributed by atoms with Gasteiger partial charge in [0.05, 0.1) is 0 Å². The summed E-state index contributed by atoms with van der Waals surface area (Å²) in [6.07, 6.45) is 6.42. The van der Waals surface area contributed by atoms with E-state index in [2.05, 4.69) is 11.2 Å². The highest BCUT2D eigenvalue weighted by Gasteiger charge is 2.10. The summed E-state index contributed by atoms with van der Waals surface area (Å²) in [6, 6.07) is 6.35. The Morgan fingerprint density at radius 2 is 2.18 bits per heavy atom. The third-order valence-electron chi connectivity index (χ3n) is 2.99. The molecule has 0 aliphatic carbocycles. The summed E-state index contributed by atoms with van der Waals surface area (Å²) in [5.74, 6) is 1.50. The van der Waals surface area contributed by atoms with E-state index in [1.807, 2.05) is 6.07 Å². The topological polar surface area (TPSA) is 102 Å². The lowest BCUT2D eigenvalue weighted by Crippen LogP contribution is -2.30.